The van der Waals surface area contributed by atoms with E-state index in [-0.39, 0.29) is 39.4 Å². The Morgan fingerprint density at radius 1 is 1.21 bits per heavy atom. The molecule has 0 radical (unpaired) electrons. The Hall–Kier alpha value is -2.27. The van der Waals surface area contributed by atoms with Crippen LogP contribution in [0.25, 0.3) is 0 Å². The summed E-state index contributed by atoms with van der Waals surface area (Å²) in [6.07, 6.45) is 8.03. The second-order valence-electron chi connectivity index (χ2n) is 9.00. The van der Waals surface area contributed by atoms with Gasteiger partial charge in [-0.2, -0.15) is 32.1 Å². The smallest absolute Gasteiger partial charge is 0.271 e. The van der Waals surface area contributed by atoms with Crippen LogP contribution in [0.4, 0.5) is 0 Å². The molecule has 10 heteroatoms. The van der Waals surface area contributed by atoms with Crippen LogP contribution in [-0.4, -0.2) is 61.0 Å². The molecule has 1 amide bonds. The first kappa shape index (κ1) is 26.3. The van der Waals surface area contributed by atoms with Crippen LogP contribution in [0.2, 0.25) is 0 Å². The number of imidazole rings is 1. The number of hydrogen-bond acceptors (Lipinski definition) is 5. The average Bonchev–Trinajstić information content (AvgIpc) is 3.43. The number of aliphatic hydroxyl groups excluding tert-OH is 1. The topological polar surface area (TPSA) is 88.2 Å². The van der Waals surface area contributed by atoms with E-state index in [9.17, 15) is 9.90 Å². The highest BCUT2D eigenvalue weighted by molar-refractivity contribution is 7.59. The zero-order valence-electron chi connectivity index (χ0n) is 19.4. The molecule has 0 aliphatic carbocycles. The number of fused-ring (bicyclic) bond motifs is 2. The summed E-state index contributed by atoms with van der Waals surface area (Å²) < 4.78 is 3.91. The van der Waals surface area contributed by atoms with Gasteiger partial charge in [0, 0.05) is 64.5 Å². The molecule has 4 heterocycles. The summed E-state index contributed by atoms with van der Waals surface area (Å²) in [7, 11) is 1.93. The highest BCUT2D eigenvalue weighted by Crippen LogP contribution is 2.28. The summed E-state index contributed by atoms with van der Waals surface area (Å²) >= 11 is 0. The summed E-state index contributed by atoms with van der Waals surface area (Å²) in [5.41, 5.74) is 4.36. The van der Waals surface area contributed by atoms with E-state index >= 15 is 0 Å². The highest BCUT2D eigenvalue weighted by atomic mass is 32.1. The van der Waals surface area contributed by atoms with Crippen molar-refractivity contribution in [2.24, 2.45) is 7.05 Å². The molecular weight excluding hydrogens is 468 g/mol. The minimum Gasteiger partial charge on any atom is -0.390 e. The fraction of sp³-hybridized carbons (Fsp3) is 0.458. The lowest BCUT2D eigenvalue weighted by Crippen LogP contribution is -2.42. The van der Waals surface area contributed by atoms with Crippen molar-refractivity contribution in [3.63, 3.8) is 0 Å². The molecule has 34 heavy (non-hydrogen) atoms. The lowest BCUT2D eigenvalue weighted by atomic mass is 9.94. The second kappa shape index (κ2) is 11.4. The van der Waals surface area contributed by atoms with Crippen LogP contribution < -0.4 is 5.32 Å². The second-order valence-corrected chi connectivity index (χ2v) is 9.00. The molecule has 0 spiro atoms. The number of amides is 1. The van der Waals surface area contributed by atoms with E-state index in [4.69, 9.17) is 0 Å². The van der Waals surface area contributed by atoms with Crippen molar-refractivity contribution >= 4 is 32.9 Å². The number of aryl methyl sites for hydroxylation is 2. The fourth-order valence-corrected chi connectivity index (χ4v) is 4.85. The molecule has 0 unspecified atom stereocenters. The number of rotatable bonds is 6. The Bertz CT molecular complexity index is 1110. The summed E-state index contributed by atoms with van der Waals surface area (Å²) in [5, 5.41) is 17.6. The van der Waals surface area contributed by atoms with Crippen LogP contribution in [0.3, 0.4) is 0 Å². The molecule has 5 rings (SSSR count). The quantitative estimate of drug-likeness (QED) is 0.536. The Morgan fingerprint density at radius 3 is 2.76 bits per heavy atom. The molecule has 2 aromatic heterocycles. The number of β-amino-alcohol motifs (C(OH)–C–C–N with tert-alkyl or cyclic N) is 1. The standard InChI is InChI=1S/C24H30N6O2.2H2S/c1-28-12-20(10-26-28)19-6-7-23-27-22(16-30(23)14-19)24(32)25-11-21(31)15-29-9-8-17-4-2-3-5-18(17)13-29;;/h2-5,10,12,16,19,21,31H,6-9,11,13-15H2,1H3,(H,25,32);2*1H2/t19-,21+;;/m1../s1. The van der Waals surface area contributed by atoms with E-state index in [1.165, 1.54) is 16.7 Å². The van der Waals surface area contributed by atoms with Gasteiger partial charge in [0.05, 0.1) is 12.3 Å². The predicted molar refractivity (Wildman–Crippen MR) is 141 cm³/mol. The van der Waals surface area contributed by atoms with E-state index < -0.39 is 6.10 Å². The monoisotopic (exact) mass is 502 g/mol. The maximum absolute atomic E-state index is 12.7. The van der Waals surface area contributed by atoms with Gasteiger partial charge in [-0.25, -0.2) is 4.98 Å². The SMILES string of the molecule is Cn1cc([C@@H]2CCc3nc(C(=O)NC[C@H](O)CN4CCc5ccccc5C4)cn3C2)cn1.S.S. The number of aromatic nitrogens is 4. The summed E-state index contributed by atoms with van der Waals surface area (Å²) in [6, 6.07) is 8.45. The van der Waals surface area contributed by atoms with Gasteiger partial charge in [-0.1, -0.05) is 24.3 Å². The lowest BCUT2D eigenvalue weighted by molar-refractivity contribution is 0.0838. The zero-order chi connectivity index (χ0) is 22.1. The van der Waals surface area contributed by atoms with Crippen molar-refractivity contribution in [1.29, 1.82) is 0 Å². The van der Waals surface area contributed by atoms with Gasteiger partial charge >= 0.3 is 0 Å². The molecule has 2 atom stereocenters. The summed E-state index contributed by atoms with van der Waals surface area (Å²) in [5.74, 6) is 1.11. The molecular formula is C24H34N6O2S2. The minimum absolute atomic E-state index is 0. The first-order valence-corrected chi connectivity index (χ1v) is 11.3. The van der Waals surface area contributed by atoms with E-state index in [2.05, 4.69) is 55.3 Å². The predicted octanol–water partition coefficient (Wildman–Crippen LogP) is 1.72. The molecule has 2 N–H and O–H groups in total. The molecule has 2 aliphatic heterocycles. The van der Waals surface area contributed by atoms with E-state index in [0.717, 1.165) is 44.7 Å². The Kier molecular flexibility index (Phi) is 8.86. The molecule has 1 aromatic carbocycles. The molecule has 0 saturated heterocycles. The number of carbonyl (C=O) groups excluding carboxylic acids is 1. The third-order valence-electron chi connectivity index (χ3n) is 6.60. The third kappa shape index (κ3) is 5.86. The van der Waals surface area contributed by atoms with Crippen LogP contribution >= 0.6 is 27.0 Å². The van der Waals surface area contributed by atoms with Crippen LogP contribution in [0.1, 0.15) is 45.3 Å². The van der Waals surface area contributed by atoms with Gasteiger partial charge in [0.25, 0.3) is 5.91 Å². The normalized spacial score (nSPS) is 18.1. The molecule has 3 aromatic rings. The van der Waals surface area contributed by atoms with Crippen molar-refractivity contribution in [2.45, 2.75) is 44.4 Å². The largest absolute Gasteiger partial charge is 0.390 e. The van der Waals surface area contributed by atoms with Gasteiger partial charge in [-0.05, 0) is 29.5 Å². The molecule has 0 bridgehead atoms. The first-order valence-electron chi connectivity index (χ1n) is 11.3. The average molecular weight is 503 g/mol. The van der Waals surface area contributed by atoms with Gasteiger partial charge in [0.1, 0.15) is 11.5 Å². The number of hydrogen-bond donors (Lipinski definition) is 2. The van der Waals surface area contributed by atoms with Gasteiger partial charge < -0.3 is 15.0 Å². The van der Waals surface area contributed by atoms with E-state index in [1.807, 2.05) is 24.1 Å². The zero-order valence-corrected chi connectivity index (χ0v) is 21.4. The molecule has 0 saturated carbocycles. The van der Waals surface area contributed by atoms with Crippen molar-refractivity contribution in [3.05, 3.63) is 71.1 Å². The molecule has 2 aliphatic rings. The lowest BCUT2D eigenvalue weighted by Gasteiger charge is -2.30. The van der Waals surface area contributed by atoms with E-state index in [1.54, 1.807) is 0 Å². The fourth-order valence-electron chi connectivity index (χ4n) is 4.85. The van der Waals surface area contributed by atoms with Crippen molar-refractivity contribution in [1.82, 2.24) is 29.5 Å². The Labute approximate surface area is 214 Å². The number of aliphatic hydroxyl groups is 1. The van der Waals surface area contributed by atoms with Crippen LogP contribution in [0, 0.1) is 0 Å². The molecule has 8 nitrogen and oxygen atoms in total. The van der Waals surface area contributed by atoms with Gasteiger partial charge in [0.15, 0.2) is 0 Å². The van der Waals surface area contributed by atoms with Crippen LogP contribution in [0.5, 0.6) is 0 Å². The van der Waals surface area contributed by atoms with Crippen molar-refractivity contribution in [3.8, 4) is 0 Å². The van der Waals surface area contributed by atoms with Crippen LogP contribution in [0.15, 0.2) is 42.9 Å². The molecule has 0 fully saturated rings. The van der Waals surface area contributed by atoms with Gasteiger partial charge in [0.2, 0.25) is 0 Å². The number of carbonyl (C=O) groups is 1. The minimum atomic E-state index is -0.614. The van der Waals surface area contributed by atoms with Crippen molar-refractivity contribution < 1.29 is 9.90 Å². The van der Waals surface area contributed by atoms with E-state index in [0.29, 0.717) is 18.2 Å². The van der Waals surface area contributed by atoms with Crippen molar-refractivity contribution in [2.75, 3.05) is 19.6 Å². The van der Waals surface area contributed by atoms with Crippen LogP contribution in [-0.2, 0) is 33.0 Å². The summed E-state index contributed by atoms with van der Waals surface area (Å²) in [6.45, 7) is 3.33. The summed E-state index contributed by atoms with van der Waals surface area (Å²) in [4.78, 5) is 19.4. The highest BCUT2D eigenvalue weighted by Gasteiger charge is 2.25. The Morgan fingerprint density at radius 2 is 2.00 bits per heavy atom. The number of benzene rings is 1. The Balaban J connectivity index is 0.00000162. The third-order valence-corrected chi connectivity index (χ3v) is 6.60. The maximum atomic E-state index is 12.7. The number of nitrogens with one attached hydrogen (secondary N) is 1. The van der Waals surface area contributed by atoms with Gasteiger partial charge in [-0.15, -0.1) is 0 Å². The first-order chi connectivity index (χ1) is 15.5. The van der Waals surface area contributed by atoms with Gasteiger partial charge in [-0.3, -0.25) is 14.4 Å². The molecule has 184 valence electrons. The maximum Gasteiger partial charge on any atom is 0.271 e. The number of nitrogens with zero attached hydrogens (tertiary/aromatic N) is 5.